The molecule has 0 unspecified atom stereocenters. The van der Waals surface area contributed by atoms with E-state index in [-0.39, 0.29) is 0 Å². The van der Waals surface area contributed by atoms with Gasteiger partial charge in [0.05, 0.1) is 5.69 Å². The summed E-state index contributed by atoms with van der Waals surface area (Å²) in [5.74, 6) is 0. The average Bonchev–Trinajstić information content (AvgIpc) is 2.11. The third-order valence-corrected chi connectivity index (χ3v) is 0.961. The molecule has 1 aromatic heterocycles. The Hall–Kier alpha value is -0.935. The molecular weight excluding hydrogens is 144 g/mol. The molecule has 53 valence electrons. The number of aromatic nitrogens is 2. The van der Waals surface area contributed by atoms with Crippen molar-refractivity contribution in [3.05, 3.63) is 18.0 Å². The van der Waals surface area contributed by atoms with Crippen LogP contribution < -0.4 is 0 Å². The molecule has 0 fully saturated rings. The van der Waals surface area contributed by atoms with Crippen molar-refractivity contribution in [1.29, 1.82) is 0 Å². The number of hydrogen-bond acceptors (Lipinski definition) is 1. The van der Waals surface area contributed by atoms with Crippen LogP contribution in [0.3, 0.4) is 0 Å². The van der Waals surface area contributed by atoms with Gasteiger partial charge in [-0.3, -0.25) is 0 Å². The molecule has 0 saturated heterocycles. The first-order valence-corrected chi connectivity index (χ1v) is 2.38. The number of alkyl halides is 3. The number of nitrogens with zero attached hydrogens (tertiary/aromatic N) is 2. The maximum Gasteiger partial charge on any atom is 0.428 e. The van der Waals surface area contributed by atoms with Crippen molar-refractivity contribution in [2.45, 2.75) is 6.18 Å². The normalized spacial score (nSPS) is 12.0. The van der Waals surface area contributed by atoms with E-state index >= 15 is 0 Å². The van der Waals surface area contributed by atoms with Crippen LogP contribution in [-0.4, -0.2) is 17.7 Å². The van der Waals surface area contributed by atoms with Crippen molar-refractivity contribution in [2.75, 3.05) is 0 Å². The maximum absolute atomic E-state index is 11.7. The third-order valence-electron chi connectivity index (χ3n) is 0.961. The summed E-state index contributed by atoms with van der Waals surface area (Å²) in [5.41, 5.74) is -0.951. The standard InChI is InChI=1S/C4H2BF3N2/c5-10-3(1-2-9-10)4(6,7)8/h1-2H/q-1. The highest BCUT2D eigenvalue weighted by Crippen LogP contribution is 2.27. The Kier molecular flexibility index (Phi) is 1.46. The van der Waals surface area contributed by atoms with Gasteiger partial charge < -0.3 is 12.6 Å². The highest BCUT2D eigenvalue weighted by atomic mass is 19.4. The molecule has 0 aliphatic rings. The number of rotatable bonds is 0. The lowest BCUT2D eigenvalue weighted by atomic mass is 10.3. The van der Waals surface area contributed by atoms with Crippen LogP contribution in [0.4, 0.5) is 13.2 Å². The molecule has 1 heterocycles. The van der Waals surface area contributed by atoms with Gasteiger partial charge in [-0.05, 0) is 6.07 Å². The van der Waals surface area contributed by atoms with Crippen molar-refractivity contribution >= 4 is 7.98 Å². The Morgan fingerprint density at radius 1 is 1.50 bits per heavy atom. The van der Waals surface area contributed by atoms with Gasteiger partial charge in [-0.25, -0.2) is 5.10 Å². The summed E-state index contributed by atoms with van der Waals surface area (Å²) >= 11 is 0. The van der Waals surface area contributed by atoms with Gasteiger partial charge in [-0.1, -0.05) is 0 Å². The van der Waals surface area contributed by atoms with Crippen molar-refractivity contribution in [3.63, 3.8) is 0 Å². The molecule has 1 rings (SSSR count). The second-order valence-corrected chi connectivity index (χ2v) is 1.66. The van der Waals surface area contributed by atoms with Gasteiger partial charge in [0, 0.05) is 6.20 Å². The zero-order valence-electron chi connectivity index (χ0n) is 4.76. The van der Waals surface area contributed by atoms with E-state index < -0.39 is 11.9 Å². The summed E-state index contributed by atoms with van der Waals surface area (Å²) in [6, 6.07) is 0.806. The Morgan fingerprint density at radius 3 is 2.30 bits per heavy atom. The second-order valence-electron chi connectivity index (χ2n) is 1.66. The van der Waals surface area contributed by atoms with Crippen LogP contribution in [0.5, 0.6) is 0 Å². The van der Waals surface area contributed by atoms with E-state index in [4.69, 9.17) is 7.98 Å². The number of halogens is 3. The minimum Gasteiger partial charge on any atom is -0.545 e. The van der Waals surface area contributed by atoms with E-state index in [1.807, 2.05) is 0 Å². The van der Waals surface area contributed by atoms with Gasteiger partial charge in [-0.15, -0.1) is 0 Å². The van der Waals surface area contributed by atoms with E-state index in [0.717, 1.165) is 12.3 Å². The highest BCUT2D eigenvalue weighted by Gasteiger charge is 2.30. The van der Waals surface area contributed by atoms with Crippen LogP contribution in [0, 0.1) is 0 Å². The zero-order valence-corrected chi connectivity index (χ0v) is 4.76. The average molecular weight is 146 g/mol. The lowest BCUT2D eigenvalue weighted by molar-refractivity contribution is -0.142. The van der Waals surface area contributed by atoms with Crippen LogP contribution in [0.2, 0.25) is 0 Å². The highest BCUT2D eigenvalue weighted by molar-refractivity contribution is 6.06. The molecule has 0 aliphatic carbocycles. The minimum atomic E-state index is -4.41. The van der Waals surface area contributed by atoms with Crippen LogP contribution in [-0.2, 0) is 6.18 Å². The maximum atomic E-state index is 11.7. The predicted molar refractivity (Wildman–Crippen MR) is 28.4 cm³/mol. The number of hydrogen-bond donors (Lipinski definition) is 0. The first-order valence-electron chi connectivity index (χ1n) is 2.38. The Bertz CT molecular complexity index is 229. The van der Waals surface area contributed by atoms with E-state index in [0.29, 0.717) is 4.59 Å². The van der Waals surface area contributed by atoms with Crippen molar-refractivity contribution in [3.8, 4) is 0 Å². The van der Waals surface area contributed by atoms with E-state index in [1.165, 1.54) is 0 Å². The molecule has 0 saturated carbocycles. The topological polar surface area (TPSA) is 17.8 Å². The minimum absolute atomic E-state index is 0.292. The van der Waals surface area contributed by atoms with Crippen molar-refractivity contribution in [2.24, 2.45) is 0 Å². The van der Waals surface area contributed by atoms with Gasteiger partial charge in [0.2, 0.25) is 0 Å². The van der Waals surface area contributed by atoms with Crippen LogP contribution in [0.15, 0.2) is 12.3 Å². The first kappa shape index (κ1) is 7.18. The largest absolute Gasteiger partial charge is 0.545 e. The Morgan fingerprint density at radius 2 is 2.10 bits per heavy atom. The van der Waals surface area contributed by atoms with Crippen LogP contribution in [0.1, 0.15) is 5.69 Å². The van der Waals surface area contributed by atoms with Gasteiger partial charge in [-0.2, -0.15) is 13.2 Å². The van der Waals surface area contributed by atoms with Crippen molar-refractivity contribution < 1.29 is 13.2 Å². The Labute approximate surface area is 56.1 Å². The zero-order chi connectivity index (χ0) is 7.78. The van der Waals surface area contributed by atoms with Gasteiger partial charge in [0.1, 0.15) is 0 Å². The quantitative estimate of drug-likeness (QED) is 0.495. The molecular formula is C4H2BF3N2-. The first-order chi connectivity index (χ1) is 4.52. The lowest BCUT2D eigenvalue weighted by Crippen LogP contribution is -2.12. The lowest BCUT2D eigenvalue weighted by Gasteiger charge is -2.15. The molecule has 3 radical (unpaired) electrons. The van der Waals surface area contributed by atoms with E-state index in [1.54, 1.807) is 0 Å². The molecule has 1 aromatic rings. The summed E-state index contributed by atoms with van der Waals surface area (Å²) in [6.45, 7) is 0. The van der Waals surface area contributed by atoms with Crippen molar-refractivity contribution in [1.82, 2.24) is 9.69 Å². The molecule has 10 heavy (non-hydrogen) atoms. The molecule has 6 heteroatoms. The Balaban J connectivity index is 3.05. The van der Waals surface area contributed by atoms with Crippen LogP contribution >= 0.6 is 0 Å². The molecule has 0 amide bonds. The fraction of sp³-hybridized carbons (Fsp3) is 0.250. The van der Waals surface area contributed by atoms with Gasteiger partial charge in [0.25, 0.3) is 0 Å². The molecule has 2 nitrogen and oxygen atoms in total. The van der Waals surface area contributed by atoms with E-state index in [9.17, 15) is 13.2 Å². The van der Waals surface area contributed by atoms with E-state index in [2.05, 4.69) is 5.10 Å². The summed E-state index contributed by atoms with van der Waals surface area (Å²) in [5, 5.41) is 3.16. The molecule has 0 aromatic carbocycles. The predicted octanol–water partition coefficient (Wildman–Crippen LogP) is 0.833. The smallest absolute Gasteiger partial charge is 0.428 e. The fourth-order valence-corrected chi connectivity index (χ4v) is 0.539. The molecule has 0 N–H and O–H groups in total. The van der Waals surface area contributed by atoms with Gasteiger partial charge in [0.15, 0.2) is 0 Å². The monoisotopic (exact) mass is 146 g/mol. The summed E-state index contributed by atoms with van der Waals surface area (Å²) in [7, 11) is 4.81. The fourth-order valence-electron chi connectivity index (χ4n) is 0.539. The molecule has 0 spiro atoms. The van der Waals surface area contributed by atoms with Crippen LogP contribution in [0.25, 0.3) is 0 Å². The van der Waals surface area contributed by atoms with Gasteiger partial charge >= 0.3 is 6.18 Å². The third kappa shape index (κ3) is 1.15. The summed E-state index contributed by atoms with van der Waals surface area (Å²) < 4.78 is 35.5. The molecule has 0 atom stereocenters. The second kappa shape index (κ2) is 2.03. The summed E-state index contributed by atoms with van der Waals surface area (Å²) in [4.78, 5) is 0. The molecule has 0 bridgehead atoms. The molecule has 0 aliphatic heterocycles. The SMILES string of the molecule is [B-]n1nccc1C(F)(F)F. The summed E-state index contributed by atoms with van der Waals surface area (Å²) in [6.07, 6.45) is -3.42.